The van der Waals surface area contributed by atoms with Gasteiger partial charge in [-0.2, -0.15) is 4.72 Å². The van der Waals surface area contributed by atoms with Crippen LogP contribution in [0, 0.1) is 13.8 Å². The Kier molecular flexibility index (Phi) is 6.28. The molecule has 3 aromatic rings. The molecule has 0 bridgehead atoms. The summed E-state index contributed by atoms with van der Waals surface area (Å²) in [6.45, 7) is 3.89. The second kappa shape index (κ2) is 8.68. The minimum Gasteiger partial charge on any atom is -0.324 e. The number of hydrogen-bond donors (Lipinski definition) is 2. The van der Waals surface area contributed by atoms with Crippen molar-refractivity contribution in [1.82, 2.24) is 4.72 Å². The monoisotopic (exact) mass is 414 g/mol. The first kappa shape index (κ1) is 20.3. The Balaban J connectivity index is 1.85. The Labute approximate surface area is 169 Å². The van der Waals surface area contributed by atoms with Gasteiger partial charge in [-0.05, 0) is 48.9 Å². The number of anilines is 1. The summed E-state index contributed by atoms with van der Waals surface area (Å²) in [6, 6.07) is 17.3. The minimum atomic E-state index is -3.78. The summed E-state index contributed by atoms with van der Waals surface area (Å²) < 4.78 is 28.1. The van der Waals surface area contributed by atoms with E-state index in [4.69, 9.17) is 0 Å². The van der Waals surface area contributed by atoms with Gasteiger partial charge in [0.1, 0.15) is 10.3 Å². The smallest absolute Gasteiger partial charge is 0.250 e. The second-order valence-corrected chi connectivity index (χ2v) is 9.49. The predicted octanol–water partition coefficient (Wildman–Crippen LogP) is 3.89. The summed E-state index contributed by atoms with van der Waals surface area (Å²) in [6.07, 6.45) is 0.252. The van der Waals surface area contributed by atoms with E-state index in [-0.39, 0.29) is 10.6 Å². The first-order valence-corrected chi connectivity index (χ1v) is 11.2. The molecule has 1 atom stereocenters. The van der Waals surface area contributed by atoms with Crippen LogP contribution in [0.4, 0.5) is 5.69 Å². The highest BCUT2D eigenvalue weighted by molar-refractivity contribution is 7.91. The van der Waals surface area contributed by atoms with E-state index < -0.39 is 22.0 Å². The van der Waals surface area contributed by atoms with Gasteiger partial charge in [-0.1, -0.05) is 54.1 Å². The second-order valence-electron chi connectivity index (χ2n) is 6.60. The van der Waals surface area contributed by atoms with Crippen LogP contribution in [-0.4, -0.2) is 20.4 Å². The van der Waals surface area contributed by atoms with E-state index in [1.165, 1.54) is 6.07 Å². The summed E-state index contributed by atoms with van der Waals surface area (Å²) >= 11 is 1.12. The maximum Gasteiger partial charge on any atom is 0.250 e. The fraction of sp³-hybridized carbons (Fsp3) is 0.190. The van der Waals surface area contributed by atoms with Crippen molar-refractivity contribution in [3.8, 4) is 0 Å². The van der Waals surface area contributed by atoms with Crippen molar-refractivity contribution in [1.29, 1.82) is 0 Å². The highest BCUT2D eigenvalue weighted by Crippen LogP contribution is 2.19. The zero-order chi connectivity index (χ0) is 20.1. The van der Waals surface area contributed by atoms with Crippen molar-refractivity contribution in [2.45, 2.75) is 30.5 Å². The van der Waals surface area contributed by atoms with E-state index in [1.807, 2.05) is 62.4 Å². The molecule has 1 heterocycles. The molecule has 0 unspecified atom stereocenters. The standard InChI is InChI=1S/C21H22N2O3S2/c1-15-10-11-18(16(2)13-15)22-21(24)19(14-17-7-4-3-5-8-17)23-28(25,26)20-9-6-12-27-20/h3-13,19,23H,14H2,1-2H3,(H,22,24)/t19-/m0/s1. The van der Waals surface area contributed by atoms with Crippen LogP contribution < -0.4 is 10.0 Å². The van der Waals surface area contributed by atoms with Crippen LogP contribution in [0.15, 0.2) is 70.3 Å². The van der Waals surface area contributed by atoms with Gasteiger partial charge in [0, 0.05) is 5.69 Å². The van der Waals surface area contributed by atoms with Gasteiger partial charge >= 0.3 is 0 Å². The Morgan fingerprint density at radius 2 is 1.79 bits per heavy atom. The van der Waals surface area contributed by atoms with E-state index in [9.17, 15) is 13.2 Å². The molecule has 3 rings (SSSR count). The van der Waals surface area contributed by atoms with Crippen molar-refractivity contribution in [3.63, 3.8) is 0 Å². The lowest BCUT2D eigenvalue weighted by Gasteiger charge is -2.19. The van der Waals surface area contributed by atoms with Crippen molar-refractivity contribution < 1.29 is 13.2 Å². The average molecular weight is 415 g/mol. The number of rotatable bonds is 7. The van der Waals surface area contributed by atoms with Crippen LogP contribution in [0.25, 0.3) is 0 Å². The maximum atomic E-state index is 13.0. The Bertz CT molecular complexity index is 1050. The van der Waals surface area contributed by atoms with E-state index in [0.29, 0.717) is 5.69 Å². The number of nitrogens with one attached hydrogen (secondary N) is 2. The van der Waals surface area contributed by atoms with Crippen LogP contribution in [0.2, 0.25) is 0 Å². The van der Waals surface area contributed by atoms with Gasteiger partial charge in [0.15, 0.2) is 0 Å². The number of sulfonamides is 1. The molecule has 0 saturated carbocycles. The fourth-order valence-electron chi connectivity index (χ4n) is 2.87. The Morgan fingerprint density at radius 3 is 2.43 bits per heavy atom. The molecule has 0 saturated heterocycles. The van der Waals surface area contributed by atoms with Gasteiger partial charge in [0.2, 0.25) is 5.91 Å². The third-order valence-corrected chi connectivity index (χ3v) is 7.17. The average Bonchev–Trinajstić information content (AvgIpc) is 3.20. The molecule has 28 heavy (non-hydrogen) atoms. The van der Waals surface area contributed by atoms with E-state index in [2.05, 4.69) is 10.0 Å². The van der Waals surface area contributed by atoms with Crippen LogP contribution in [-0.2, 0) is 21.2 Å². The molecular formula is C21H22N2O3S2. The van der Waals surface area contributed by atoms with Gasteiger partial charge in [-0.25, -0.2) is 8.42 Å². The summed E-state index contributed by atoms with van der Waals surface area (Å²) in [5, 5.41) is 4.55. The molecule has 0 aliphatic rings. The lowest BCUT2D eigenvalue weighted by Crippen LogP contribution is -2.45. The number of carbonyl (C=O) groups is 1. The highest BCUT2D eigenvalue weighted by atomic mass is 32.2. The molecule has 5 nitrogen and oxygen atoms in total. The minimum absolute atomic E-state index is 0.185. The summed E-state index contributed by atoms with van der Waals surface area (Å²) in [5.41, 5.74) is 3.56. The summed E-state index contributed by atoms with van der Waals surface area (Å²) in [7, 11) is -3.78. The molecule has 2 aromatic carbocycles. The molecule has 146 valence electrons. The SMILES string of the molecule is Cc1ccc(NC(=O)[C@H](Cc2ccccc2)NS(=O)(=O)c2cccs2)c(C)c1. The number of thiophene rings is 1. The number of aryl methyl sites for hydroxylation is 2. The van der Waals surface area contributed by atoms with Crippen LogP contribution in [0.3, 0.4) is 0 Å². The molecule has 0 radical (unpaired) electrons. The van der Waals surface area contributed by atoms with Crippen LogP contribution >= 0.6 is 11.3 Å². The quantitative estimate of drug-likeness (QED) is 0.616. The number of amides is 1. The van der Waals surface area contributed by atoms with E-state index in [0.717, 1.165) is 28.0 Å². The molecule has 2 N–H and O–H groups in total. The van der Waals surface area contributed by atoms with E-state index in [1.54, 1.807) is 11.4 Å². The number of carbonyl (C=O) groups excluding carboxylic acids is 1. The molecule has 1 aromatic heterocycles. The normalized spacial score (nSPS) is 12.5. The lowest BCUT2D eigenvalue weighted by atomic mass is 10.1. The van der Waals surface area contributed by atoms with E-state index >= 15 is 0 Å². The van der Waals surface area contributed by atoms with Crippen LogP contribution in [0.5, 0.6) is 0 Å². The van der Waals surface area contributed by atoms with Crippen molar-refractivity contribution in [2.24, 2.45) is 0 Å². The van der Waals surface area contributed by atoms with Gasteiger partial charge in [0.05, 0.1) is 0 Å². The maximum absolute atomic E-state index is 13.0. The summed E-state index contributed by atoms with van der Waals surface area (Å²) in [5.74, 6) is -0.393. The Morgan fingerprint density at radius 1 is 1.04 bits per heavy atom. The zero-order valence-corrected chi connectivity index (χ0v) is 17.3. The molecule has 7 heteroatoms. The molecule has 0 fully saturated rings. The number of hydrogen-bond acceptors (Lipinski definition) is 4. The molecule has 0 spiro atoms. The van der Waals surface area contributed by atoms with Gasteiger partial charge < -0.3 is 5.32 Å². The predicted molar refractivity (Wildman–Crippen MR) is 113 cm³/mol. The van der Waals surface area contributed by atoms with Gasteiger partial charge in [-0.3, -0.25) is 4.79 Å². The largest absolute Gasteiger partial charge is 0.324 e. The topological polar surface area (TPSA) is 75.3 Å². The summed E-state index contributed by atoms with van der Waals surface area (Å²) in [4.78, 5) is 13.0. The third kappa shape index (κ3) is 5.07. The fourth-order valence-corrected chi connectivity index (χ4v) is 5.08. The zero-order valence-electron chi connectivity index (χ0n) is 15.7. The van der Waals surface area contributed by atoms with Crippen LogP contribution in [0.1, 0.15) is 16.7 Å². The molecule has 0 aliphatic carbocycles. The van der Waals surface area contributed by atoms with Crippen molar-refractivity contribution in [2.75, 3.05) is 5.32 Å². The van der Waals surface area contributed by atoms with Gasteiger partial charge in [0.25, 0.3) is 10.0 Å². The first-order valence-electron chi connectivity index (χ1n) is 8.83. The van der Waals surface area contributed by atoms with Gasteiger partial charge in [-0.15, -0.1) is 11.3 Å². The first-order chi connectivity index (χ1) is 13.3. The highest BCUT2D eigenvalue weighted by Gasteiger charge is 2.27. The van der Waals surface area contributed by atoms with Crippen molar-refractivity contribution >= 4 is 33.0 Å². The third-order valence-electron chi connectivity index (χ3n) is 4.30. The molecule has 0 aliphatic heterocycles. The number of benzene rings is 2. The Hall–Kier alpha value is -2.48. The molecular weight excluding hydrogens is 392 g/mol. The lowest BCUT2D eigenvalue weighted by molar-refractivity contribution is -0.117. The van der Waals surface area contributed by atoms with Crippen molar-refractivity contribution in [3.05, 3.63) is 82.7 Å². The molecule has 1 amide bonds.